The van der Waals surface area contributed by atoms with Crippen molar-refractivity contribution in [2.24, 2.45) is 5.73 Å². The third-order valence-corrected chi connectivity index (χ3v) is 5.27. The molecule has 0 radical (unpaired) electrons. The summed E-state index contributed by atoms with van der Waals surface area (Å²) in [6.07, 6.45) is 0.528. The largest absolute Gasteiger partial charge is 0.328 e. The zero-order chi connectivity index (χ0) is 14.8. The molecule has 2 aromatic carbocycles. The number of nitrogens with two attached hydrogens (primary N) is 1. The predicted octanol–water partition coefficient (Wildman–Crippen LogP) is 4.48. The van der Waals surface area contributed by atoms with Crippen molar-refractivity contribution in [1.82, 2.24) is 4.98 Å². The van der Waals surface area contributed by atoms with Gasteiger partial charge in [-0.05, 0) is 37.6 Å². The maximum atomic E-state index is 14.0. The minimum absolute atomic E-state index is 0.0726. The fraction of sp³-hybridized carbons (Fsp3) is 0.188. The summed E-state index contributed by atoms with van der Waals surface area (Å²) in [6, 6.07) is 13.1. The SMILES string of the molecule is CC(N)Cc1c(F)cccc1Sc1nc2ccccc2s1. The number of para-hydroxylation sites is 1. The fourth-order valence-corrected chi connectivity index (χ4v) is 4.33. The second kappa shape index (κ2) is 6.13. The highest BCUT2D eigenvalue weighted by atomic mass is 32.2. The smallest absolute Gasteiger partial charge is 0.155 e. The van der Waals surface area contributed by atoms with Gasteiger partial charge in [-0.2, -0.15) is 0 Å². The highest BCUT2D eigenvalue weighted by Crippen LogP contribution is 2.36. The van der Waals surface area contributed by atoms with Gasteiger partial charge in [0.2, 0.25) is 0 Å². The van der Waals surface area contributed by atoms with E-state index < -0.39 is 0 Å². The van der Waals surface area contributed by atoms with Gasteiger partial charge in [-0.3, -0.25) is 0 Å². The molecule has 0 aliphatic carbocycles. The lowest BCUT2D eigenvalue weighted by atomic mass is 10.1. The summed E-state index contributed by atoms with van der Waals surface area (Å²) in [4.78, 5) is 5.48. The van der Waals surface area contributed by atoms with E-state index in [-0.39, 0.29) is 11.9 Å². The van der Waals surface area contributed by atoms with Crippen LogP contribution in [0.4, 0.5) is 4.39 Å². The molecule has 0 aliphatic rings. The van der Waals surface area contributed by atoms with Crippen molar-refractivity contribution in [3.63, 3.8) is 0 Å². The van der Waals surface area contributed by atoms with Crippen LogP contribution in [0.15, 0.2) is 51.7 Å². The first kappa shape index (κ1) is 14.5. The Hall–Kier alpha value is -1.43. The number of thiazole rings is 1. The lowest BCUT2D eigenvalue weighted by Gasteiger charge is -2.11. The van der Waals surface area contributed by atoms with Crippen LogP contribution in [-0.4, -0.2) is 11.0 Å². The number of benzene rings is 2. The van der Waals surface area contributed by atoms with E-state index in [9.17, 15) is 4.39 Å². The van der Waals surface area contributed by atoms with Gasteiger partial charge in [-0.25, -0.2) is 9.37 Å². The molecule has 0 saturated heterocycles. The minimum atomic E-state index is -0.196. The molecule has 1 heterocycles. The Morgan fingerprint density at radius 1 is 1.24 bits per heavy atom. The topological polar surface area (TPSA) is 38.9 Å². The van der Waals surface area contributed by atoms with Gasteiger partial charge in [0.25, 0.3) is 0 Å². The van der Waals surface area contributed by atoms with E-state index in [0.717, 1.165) is 19.5 Å². The molecule has 0 spiro atoms. The van der Waals surface area contributed by atoms with Gasteiger partial charge >= 0.3 is 0 Å². The standard InChI is InChI=1S/C16H15FN2S2/c1-10(18)9-11-12(17)5-4-8-14(11)20-16-19-13-6-2-3-7-15(13)21-16/h2-8,10H,9,18H2,1H3. The summed E-state index contributed by atoms with van der Waals surface area (Å²) in [5.41, 5.74) is 7.49. The second-order valence-corrected chi connectivity index (χ2v) is 7.27. The number of fused-ring (bicyclic) bond motifs is 1. The molecule has 0 amide bonds. The van der Waals surface area contributed by atoms with Crippen molar-refractivity contribution in [3.8, 4) is 0 Å². The molecule has 2 N–H and O–H groups in total. The Balaban J connectivity index is 1.95. The number of aromatic nitrogens is 1. The molecule has 1 atom stereocenters. The first-order chi connectivity index (χ1) is 10.1. The van der Waals surface area contributed by atoms with Crippen molar-refractivity contribution >= 4 is 33.3 Å². The average Bonchev–Trinajstić information content (AvgIpc) is 2.84. The van der Waals surface area contributed by atoms with Gasteiger partial charge in [0.1, 0.15) is 5.82 Å². The van der Waals surface area contributed by atoms with Crippen molar-refractivity contribution in [2.45, 2.75) is 28.6 Å². The van der Waals surface area contributed by atoms with E-state index in [1.165, 1.54) is 17.8 Å². The maximum Gasteiger partial charge on any atom is 0.155 e. The van der Waals surface area contributed by atoms with Crippen LogP contribution in [0.25, 0.3) is 10.2 Å². The second-order valence-electron chi connectivity index (χ2n) is 4.95. The van der Waals surface area contributed by atoms with Crippen LogP contribution < -0.4 is 5.73 Å². The first-order valence-corrected chi connectivity index (χ1v) is 8.33. The lowest BCUT2D eigenvalue weighted by molar-refractivity contribution is 0.588. The van der Waals surface area contributed by atoms with Crippen molar-refractivity contribution in [2.75, 3.05) is 0 Å². The first-order valence-electron chi connectivity index (χ1n) is 6.70. The molecule has 5 heteroatoms. The Morgan fingerprint density at radius 3 is 2.81 bits per heavy atom. The molecule has 2 nitrogen and oxygen atoms in total. The number of halogens is 1. The summed E-state index contributed by atoms with van der Waals surface area (Å²) in [5, 5.41) is 0. The van der Waals surface area contributed by atoms with E-state index in [1.807, 2.05) is 37.3 Å². The molecule has 21 heavy (non-hydrogen) atoms. The molecule has 0 saturated carbocycles. The van der Waals surface area contributed by atoms with Crippen LogP contribution in [-0.2, 0) is 6.42 Å². The molecule has 0 aliphatic heterocycles. The van der Waals surface area contributed by atoms with Crippen molar-refractivity contribution < 1.29 is 4.39 Å². The molecule has 108 valence electrons. The van der Waals surface area contributed by atoms with Crippen LogP contribution in [0.5, 0.6) is 0 Å². The van der Waals surface area contributed by atoms with Gasteiger partial charge < -0.3 is 5.73 Å². The Bertz CT molecular complexity index is 735. The molecule has 3 rings (SSSR count). The quantitative estimate of drug-likeness (QED) is 0.771. The van der Waals surface area contributed by atoms with E-state index in [4.69, 9.17) is 5.73 Å². The monoisotopic (exact) mass is 318 g/mol. The predicted molar refractivity (Wildman–Crippen MR) is 87.5 cm³/mol. The normalized spacial score (nSPS) is 12.7. The lowest BCUT2D eigenvalue weighted by Crippen LogP contribution is -2.19. The zero-order valence-corrected chi connectivity index (χ0v) is 13.2. The third-order valence-electron chi connectivity index (χ3n) is 3.07. The summed E-state index contributed by atoms with van der Waals surface area (Å²) in [6.45, 7) is 1.89. The number of rotatable bonds is 4. The van der Waals surface area contributed by atoms with Gasteiger partial charge in [0.05, 0.1) is 10.2 Å². The van der Waals surface area contributed by atoms with Gasteiger partial charge in [-0.1, -0.05) is 30.0 Å². The van der Waals surface area contributed by atoms with Crippen molar-refractivity contribution in [3.05, 3.63) is 53.8 Å². The van der Waals surface area contributed by atoms with Crippen LogP contribution in [0.2, 0.25) is 0 Å². The van der Waals surface area contributed by atoms with Crippen molar-refractivity contribution in [1.29, 1.82) is 0 Å². The summed E-state index contributed by atoms with van der Waals surface area (Å²) in [7, 11) is 0. The molecular weight excluding hydrogens is 303 g/mol. The zero-order valence-electron chi connectivity index (χ0n) is 11.5. The Kier molecular flexibility index (Phi) is 4.24. The van der Waals surface area contributed by atoms with E-state index in [1.54, 1.807) is 17.4 Å². The van der Waals surface area contributed by atoms with E-state index >= 15 is 0 Å². The summed E-state index contributed by atoms with van der Waals surface area (Å²) < 4.78 is 16.1. The molecule has 1 aromatic heterocycles. The summed E-state index contributed by atoms with van der Waals surface area (Å²) >= 11 is 3.13. The van der Waals surface area contributed by atoms with E-state index in [0.29, 0.717) is 12.0 Å². The molecule has 0 bridgehead atoms. The number of nitrogens with zero attached hydrogens (tertiary/aromatic N) is 1. The Morgan fingerprint density at radius 2 is 2.05 bits per heavy atom. The van der Waals surface area contributed by atoms with Crippen LogP contribution in [0.3, 0.4) is 0 Å². The number of hydrogen-bond donors (Lipinski definition) is 1. The third kappa shape index (κ3) is 3.26. The van der Waals surface area contributed by atoms with Gasteiger partial charge in [-0.15, -0.1) is 11.3 Å². The Labute approximate surface area is 131 Å². The van der Waals surface area contributed by atoms with Crippen LogP contribution in [0, 0.1) is 5.82 Å². The highest BCUT2D eigenvalue weighted by molar-refractivity contribution is 8.01. The van der Waals surface area contributed by atoms with Gasteiger partial charge in [0, 0.05) is 16.5 Å². The maximum absolute atomic E-state index is 14.0. The molecular formula is C16H15FN2S2. The van der Waals surface area contributed by atoms with Crippen LogP contribution in [0.1, 0.15) is 12.5 Å². The molecule has 0 fully saturated rings. The average molecular weight is 318 g/mol. The number of hydrogen-bond acceptors (Lipinski definition) is 4. The summed E-state index contributed by atoms with van der Waals surface area (Å²) in [5.74, 6) is -0.196. The van der Waals surface area contributed by atoms with Gasteiger partial charge in [0.15, 0.2) is 4.34 Å². The minimum Gasteiger partial charge on any atom is -0.328 e. The highest BCUT2D eigenvalue weighted by Gasteiger charge is 2.13. The molecule has 1 unspecified atom stereocenters. The van der Waals surface area contributed by atoms with E-state index in [2.05, 4.69) is 4.98 Å². The molecule has 3 aromatic rings. The fourth-order valence-electron chi connectivity index (χ4n) is 2.14. The van der Waals surface area contributed by atoms with Crippen LogP contribution >= 0.6 is 23.1 Å².